The summed E-state index contributed by atoms with van der Waals surface area (Å²) in [5, 5.41) is 3.48. The van der Waals surface area contributed by atoms with E-state index in [1.807, 2.05) is 78.9 Å². The smallest absolute Gasteiger partial charge is 0.338 e. The number of para-hydroxylation sites is 1. The Morgan fingerprint density at radius 3 is 2.31 bits per heavy atom. The molecule has 7 heteroatoms. The lowest BCUT2D eigenvalue weighted by Gasteiger charge is -2.25. The number of carbonyl (C=O) groups is 1. The average Bonchev–Trinajstić information content (AvgIpc) is 3.64. The van der Waals surface area contributed by atoms with Crippen LogP contribution in [0, 0.1) is 0 Å². The molecule has 48 heavy (non-hydrogen) atoms. The largest absolute Gasteiger partial charge is 0.463 e. The van der Waals surface area contributed by atoms with Crippen molar-refractivity contribution in [1.29, 1.82) is 0 Å². The first-order chi connectivity index (χ1) is 23.6. The van der Waals surface area contributed by atoms with Crippen molar-refractivity contribution in [2.75, 3.05) is 6.61 Å². The van der Waals surface area contributed by atoms with Crippen LogP contribution in [0.3, 0.4) is 0 Å². The third-order valence-corrected chi connectivity index (χ3v) is 9.80. The molecule has 7 aromatic rings. The SMILES string of the molecule is CCOC(=O)C1=C(c2ccccc2)N=c2s/c(=C\c3cn(Cc4cccc5ccccc45)c4ccccc34)c(=O)n2[C@H]1c1ccccc1. The summed E-state index contributed by atoms with van der Waals surface area (Å²) in [5.74, 6) is -0.486. The Kier molecular flexibility index (Phi) is 7.67. The molecule has 8 rings (SSSR count). The summed E-state index contributed by atoms with van der Waals surface area (Å²) in [7, 11) is 0. The Labute approximate surface area is 280 Å². The van der Waals surface area contributed by atoms with Crippen molar-refractivity contribution in [2.45, 2.75) is 19.5 Å². The van der Waals surface area contributed by atoms with E-state index in [0.29, 0.717) is 27.1 Å². The number of benzene rings is 5. The fraction of sp³-hybridized carbons (Fsp3) is 0.0976. The number of ether oxygens (including phenoxy) is 1. The van der Waals surface area contributed by atoms with Crippen molar-refractivity contribution in [3.63, 3.8) is 0 Å². The molecule has 0 spiro atoms. The molecule has 0 bridgehead atoms. The van der Waals surface area contributed by atoms with Gasteiger partial charge < -0.3 is 9.30 Å². The molecule has 6 nitrogen and oxygen atoms in total. The van der Waals surface area contributed by atoms with Gasteiger partial charge in [0.15, 0.2) is 4.80 Å². The second-order valence-electron chi connectivity index (χ2n) is 11.7. The maximum atomic E-state index is 14.5. The summed E-state index contributed by atoms with van der Waals surface area (Å²) in [4.78, 5) is 33.7. The molecule has 0 saturated carbocycles. The molecule has 0 N–H and O–H groups in total. The maximum absolute atomic E-state index is 14.5. The van der Waals surface area contributed by atoms with E-state index in [9.17, 15) is 9.59 Å². The first-order valence-corrected chi connectivity index (χ1v) is 16.8. The predicted molar refractivity (Wildman–Crippen MR) is 192 cm³/mol. The van der Waals surface area contributed by atoms with Gasteiger partial charge in [0.2, 0.25) is 0 Å². The fourth-order valence-electron chi connectivity index (χ4n) is 6.67. The molecule has 2 aromatic heterocycles. The number of hydrogen-bond acceptors (Lipinski definition) is 5. The van der Waals surface area contributed by atoms with E-state index in [0.717, 1.165) is 27.6 Å². The molecule has 0 fully saturated rings. The van der Waals surface area contributed by atoms with Crippen LogP contribution in [0.1, 0.15) is 35.2 Å². The van der Waals surface area contributed by atoms with E-state index in [1.165, 1.54) is 27.7 Å². The predicted octanol–water partition coefficient (Wildman–Crippen LogP) is 7.09. The summed E-state index contributed by atoms with van der Waals surface area (Å²) < 4.78 is 10.0. The van der Waals surface area contributed by atoms with Crippen LogP contribution < -0.4 is 14.9 Å². The fourth-order valence-corrected chi connectivity index (χ4v) is 7.66. The first kappa shape index (κ1) is 29.6. The van der Waals surface area contributed by atoms with Crippen molar-refractivity contribution in [3.05, 3.63) is 181 Å². The van der Waals surface area contributed by atoms with Gasteiger partial charge in [-0.15, -0.1) is 0 Å². The minimum Gasteiger partial charge on any atom is -0.463 e. The van der Waals surface area contributed by atoms with Gasteiger partial charge in [-0.1, -0.05) is 133 Å². The zero-order chi connectivity index (χ0) is 32.6. The molecule has 0 aliphatic carbocycles. The van der Waals surface area contributed by atoms with E-state index >= 15 is 0 Å². The van der Waals surface area contributed by atoms with Crippen molar-refractivity contribution in [2.24, 2.45) is 4.99 Å². The second kappa shape index (κ2) is 12.4. The Hall–Kier alpha value is -5.79. The normalized spacial score (nSPS) is 14.7. The van der Waals surface area contributed by atoms with Crippen molar-refractivity contribution in [1.82, 2.24) is 9.13 Å². The highest BCUT2D eigenvalue weighted by atomic mass is 32.1. The molecule has 3 heterocycles. The van der Waals surface area contributed by atoms with Gasteiger partial charge in [0.05, 0.1) is 28.5 Å². The Balaban J connectivity index is 1.32. The molecular weight excluding hydrogens is 615 g/mol. The lowest BCUT2D eigenvalue weighted by Crippen LogP contribution is -2.39. The van der Waals surface area contributed by atoms with Crippen molar-refractivity contribution in [3.8, 4) is 0 Å². The maximum Gasteiger partial charge on any atom is 0.338 e. The second-order valence-corrected chi connectivity index (χ2v) is 12.7. The van der Waals surface area contributed by atoms with E-state index in [-0.39, 0.29) is 12.2 Å². The quantitative estimate of drug-likeness (QED) is 0.174. The lowest BCUT2D eigenvalue weighted by atomic mass is 9.93. The molecule has 1 aliphatic rings. The van der Waals surface area contributed by atoms with E-state index in [2.05, 4.69) is 65.4 Å². The van der Waals surface area contributed by atoms with E-state index in [4.69, 9.17) is 9.73 Å². The number of nitrogens with zero attached hydrogens (tertiary/aromatic N) is 3. The molecule has 0 unspecified atom stereocenters. The zero-order valence-corrected chi connectivity index (χ0v) is 27.1. The summed E-state index contributed by atoms with van der Waals surface area (Å²) >= 11 is 1.34. The average molecular weight is 646 g/mol. The highest BCUT2D eigenvalue weighted by Gasteiger charge is 2.35. The third-order valence-electron chi connectivity index (χ3n) is 8.82. The van der Waals surface area contributed by atoms with Gasteiger partial charge in [-0.2, -0.15) is 0 Å². The highest BCUT2D eigenvalue weighted by Crippen LogP contribution is 2.35. The molecule has 0 amide bonds. The van der Waals surface area contributed by atoms with Gasteiger partial charge in [0.1, 0.15) is 0 Å². The standard InChI is InChI=1S/C41H31N3O3S/c1-2-47-40(46)36-37(28-15-5-3-6-16-28)42-41-44(38(36)29-17-7-4-8-18-29)39(45)35(48-41)24-31-26-43(34-23-12-11-22-33(31)34)25-30-20-13-19-27-14-9-10-21-32(27)30/h3-24,26,38H,2,25H2,1H3/b35-24-/t38-/m0/s1. The molecular formula is C41H31N3O3S. The number of hydrogen-bond donors (Lipinski definition) is 0. The number of fused-ring (bicyclic) bond motifs is 3. The Morgan fingerprint density at radius 2 is 1.52 bits per heavy atom. The van der Waals surface area contributed by atoms with Crippen LogP contribution in [0.15, 0.2) is 149 Å². The van der Waals surface area contributed by atoms with Crippen LogP contribution in [0.2, 0.25) is 0 Å². The van der Waals surface area contributed by atoms with Crippen molar-refractivity contribution >= 4 is 50.8 Å². The molecule has 234 valence electrons. The zero-order valence-electron chi connectivity index (χ0n) is 26.2. The van der Waals surface area contributed by atoms with E-state index < -0.39 is 12.0 Å². The summed E-state index contributed by atoms with van der Waals surface area (Å²) in [6.45, 7) is 2.68. The number of rotatable bonds is 7. The van der Waals surface area contributed by atoms with Crippen LogP contribution >= 0.6 is 11.3 Å². The summed E-state index contributed by atoms with van der Waals surface area (Å²) in [6, 6.07) is 41.7. The molecule has 1 atom stereocenters. The lowest BCUT2D eigenvalue weighted by molar-refractivity contribution is -0.138. The number of esters is 1. The molecule has 0 saturated heterocycles. The van der Waals surface area contributed by atoms with Gasteiger partial charge in [-0.05, 0) is 41.0 Å². The van der Waals surface area contributed by atoms with Gasteiger partial charge in [-0.3, -0.25) is 9.36 Å². The summed E-state index contributed by atoms with van der Waals surface area (Å²) in [5.41, 5.74) is 5.51. The first-order valence-electron chi connectivity index (χ1n) is 16.0. The van der Waals surface area contributed by atoms with Gasteiger partial charge in [-0.25, -0.2) is 9.79 Å². The molecule has 1 aliphatic heterocycles. The van der Waals surface area contributed by atoms with Crippen LogP contribution in [0.4, 0.5) is 0 Å². The van der Waals surface area contributed by atoms with Gasteiger partial charge >= 0.3 is 5.97 Å². The highest BCUT2D eigenvalue weighted by molar-refractivity contribution is 7.07. The van der Waals surface area contributed by atoms with Crippen molar-refractivity contribution < 1.29 is 9.53 Å². The molecule has 0 radical (unpaired) electrons. The van der Waals surface area contributed by atoms with Crippen LogP contribution in [-0.4, -0.2) is 21.7 Å². The summed E-state index contributed by atoms with van der Waals surface area (Å²) in [6.07, 6.45) is 4.09. The van der Waals surface area contributed by atoms with Gasteiger partial charge in [0.25, 0.3) is 5.56 Å². The van der Waals surface area contributed by atoms with Crippen LogP contribution in [0.5, 0.6) is 0 Å². The number of aromatic nitrogens is 2. The van der Waals surface area contributed by atoms with Gasteiger partial charge in [0, 0.05) is 34.8 Å². The minimum absolute atomic E-state index is 0.201. The number of carbonyl (C=O) groups excluding carboxylic acids is 1. The van der Waals surface area contributed by atoms with Crippen LogP contribution in [-0.2, 0) is 16.1 Å². The molecule has 5 aromatic carbocycles. The topological polar surface area (TPSA) is 65.6 Å². The number of thiazole rings is 1. The monoisotopic (exact) mass is 645 g/mol. The third kappa shape index (κ3) is 5.18. The van der Waals surface area contributed by atoms with E-state index in [1.54, 1.807) is 11.5 Å². The Bertz CT molecular complexity index is 2540. The minimum atomic E-state index is -0.702. The Morgan fingerprint density at radius 1 is 0.833 bits per heavy atom. The van der Waals surface area contributed by atoms with Crippen LogP contribution in [0.25, 0.3) is 33.4 Å².